The fourth-order valence-corrected chi connectivity index (χ4v) is 10.3. The van der Waals surface area contributed by atoms with Crippen LogP contribution in [0.2, 0.25) is 0 Å². The molecule has 0 spiro atoms. The topological polar surface area (TPSA) is 123 Å². The first kappa shape index (κ1) is 36.5. The van der Waals surface area contributed by atoms with Crippen molar-refractivity contribution < 1.29 is 38.5 Å². The Morgan fingerprint density at radius 3 is 2.14 bits per heavy atom. The molecule has 7 aliphatic rings. The molecule has 272 valence electrons. The lowest BCUT2D eigenvalue weighted by molar-refractivity contribution is -0.132. The van der Waals surface area contributed by atoms with E-state index in [-0.39, 0.29) is 78.2 Å². The molecule has 2 saturated heterocycles. The molecular formula is C41H50N2O8. The maximum atomic E-state index is 12.9. The van der Waals surface area contributed by atoms with Crippen LogP contribution in [0.25, 0.3) is 0 Å². The number of hydrogen-bond donors (Lipinski definition) is 1. The molecule has 8 rings (SSSR count). The summed E-state index contributed by atoms with van der Waals surface area (Å²) in [6.07, 6.45) is 11.5. The van der Waals surface area contributed by atoms with Gasteiger partial charge in [-0.25, -0.2) is 0 Å². The Hall–Kier alpha value is -4.28. The van der Waals surface area contributed by atoms with E-state index < -0.39 is 5.41 Å². The number of ether oxygens (including phenoxy) is 3. The molecule has 2 heterocycles. The molecule has 2 fully saturated rings. The van der Waals surface area contributed by atoms with Crippen LogP contribution in [0.3, 0.4) is 0 Å². The van der Waals surface area contributed by atoms with Gasteiger partial charge in [0.25, 0.3) is 0 Å². The average molecular weight is 699 g/mol. The van der Waals surface area contributed by atoms with E-state index in [1.54, 1.807) is 13.2 Å². The Labute approximate surface area is 300 Å². The first-order valence-corrected chi connectivity index (χ1v) is 17.5. The van der Waals surface area contributed by atoms with Gasteiger partial charge in [0.2, 0.25) is 5.78 Å². The van der Waals surface area contributed by atoms with E-state index in [9.17, 15) is 24.3 Å². The van der Waals surface area contributed by atoms with Crippen LogP contribution in [0.4, 0.5) is 0 Å². The number of aliphatic hydroxyl groups excluding tert-OH is 1. The van der Waals surface area contributed by atoms with E-state index in [2.05, 4.69) is 43.0 Å². The molecular weight excluding hydrogens is 648 g/mol. The number of carbonyl (C=O) groups is 4. The average Bonchev–Trinajstić information content (AvgIpc) is 3.07. The SMILES string of the molecule is C.COC1=CC2[C@@H]3C=C4C=CC(=O)C(O)=C4[C@]2(CCN3C)CC1=O.COC1=CC2[C@@H]3[C@H](C)c4ccc(C)c(OC(C)=O)c4[C@]2(CCN3C)CC1=O. The molecule has 51 heavy (non-hydrogen) atoms. The Bertz CT molecular complexity index is 1870. The molecule has 10 heteroatoms. The maximum Gasteiger partial charge on any atom is 0.308 e. The van der Waals surface area contributed by atoms with Crippen molar-refractivity contribution in [2.24, 2.45) is 17.3 Å². The molecule has 0 radical (unpaired) electrons. The van der Waals surface area contributed by atoms with Crippen molar-refractivity contribution >= 4 is 23.3 Å². The number of piperidine rings is 2. The summed E-state index contributed by atoms with van der Waals surface area (Å²) in [7, 11) is 7.30. The largest absolute Gasteiger partial charge is 0.504 e. The highest BCUT2D eigenvalue weighted by Gasteiger charge is 2.59. The van der Waals surface area contributed by atoms with Crippen LogP contribution >= 0.6 is 0 Å². The van der Waals surface area contributed by atoms with Crippen molar-refractivity contribution in [1.82, 2.24) is 9.80 Å². The number of ketones is 3. The first-order chi connectivity index (χ1) is 23.8. The number of aliphatic hydroxyl groups is 1. The summed E-state index contributed by atoms with van der Waals surface area (Å²) in [4.78, 5) is 53.8. The minimum absolute atomic E-state index is 0. The second kappa shape index (κ2) is 13.0. The predicted octanol–water partition coefficient (Wildman–Crippen LogP) is 5.42. The molecule has 0 saturated carbocycles. The van der Waals surface area contributed by atoms with Crippen molar-refractivity contribution in [2.75, 3.05) is 41.4 Å². The van der Waals surface area contributed by atoms with Gasteiger partial charge in [-0.2, -0.15) is 0 Å². The molecule has 1 aromatic rings. The van der Waals surface area contributed by atoms with E-state index in [1.807, 2.05) is 25.1 Å². The normalized spacial score (nSPS) is 33.4. The van der Waals surface area contributed by atoms with Gasteiger partial charge in [0.05, 0.1) is 14.2 Å². The van der Waals surface area contributed by atoms with Gasteiger partial charge in [-0.3, -0.25) is 24.1 Å². The number of methoxy groups -OCH3 is 2. The van der Waals surface area contributed by atoms with Gasteiger partial charge in [-0.05, 0) is 87.8 Å². The highest BCUT2D eigenvalue weighted by Crippen LogP contribution is 2.61. The molecule has 2 aliphatic heterocycles. The smallest absolute Gasteiger partial charge is 0.308 e. The Morgan fingerprint density at radius 2 is 1.49 bits per heavy atom. The number of esters is 1. The monoisotopic (exact) mass is 698 g/mol. The van der Waals surface area contributed by atoms with Crippen LogP contribution in [0.15, 0.2) is 70.9 Å². The number of benzene rings is 1. The number of hydrogen-bond acceptors (Lipinski definition) is 10. The van der Waals surface area contributed by atoms with Crippen LogP contribution in [0.5, 0.6) is 5.75 Å². The number of aryl methyl sites for hydroxylation is 1. The van der Waals surface area contributed by atoms with Gasteiger partial charge in [-0.1, -0.05) is 38.6 Å². The first-order valence-electron chi connectivity index (χ1n) is 17.5. The highest BCUT2D eigenvalue weighted by atomic mass is 16.5. The predicted molar refractivity (Wildman–Crippen MR) is 192 cm³/mol. The molecule has 1 N–H and O–H groups in total. The standard InChI is InChI=1S/C22H27NO4.C18H19NO4.CH4/c1-12-6-7-15-13(2)20-16-10-18(26-5)17(25)11-22(16,8-9-23(20)4)19(15)21(12)27-14(3)24;1-19-6-5-18-9-14(21)15(23-2)8-11(18)12(19)7-10-3-4-13(20)17(22)16(10)18;/h6-7,10,13,16,20H,8-9,11H2,1-5H3;3-4,7-8,11-12,22H,5-6,9H2,1-2H3;1H4/t13-,16?,20+,22-;11?,12-,18+;/m10./s1. The number of carbonyl (C=O) groups excluding carboxylic acids is 4. The van der Waals surface area contributed by atoms with Crippen molar-refractivity contribution in [3.63, 3.8) is 0 Å². The summed E-state index contributed by atoms with van der Waals surface area (Å²) in [5.41, 5.74) is 3.89. The summed E-state index contributed by atoms with van der Waals surface area (Å²) < 4.78 is 16.4. The van der Waals surface area contributed by atoms with Crippen molar-refractivity contribution in [1.29, 1.82) is 0 Å². The molecule has 0 aromatic heterocycles. The van der Waals surface area contributed by atoms with Gasteiger partial charge in [-0.15, -0.1) is 0 Å². The van der Waals surface area contributed by atoms with E-state index in [1.165, 1.54) is 25.7 Å². The van der Waals surface area contributed by atoms with Crippen molar-refractivity contribution in [3.8, 4) is 5.75 Å². The lowest BCUT2D eigenvalue weighted by Crippen LogP contribution is -2.61. The van der Waals surface area contributed by atoms with Gasteiger partial charge < -0.3 is 24.2 Å². The minimum atomic E-state index is -0.509. The summed E-state index contributed by atoms with van der Waals surface area (Å²) in [5, 5.41) is 10.5. The second-order valence-corrected chi connectivity index (χ2v) is 15.1. The lowest BCUT2D eigenvalue weighted by atomic mass is 9.51. The minimum Gasteiger partial charge on any atom is -0.504 e. The Morgan fingerprint density at radius 1 is 0.882 bits per heavy atom. The molecule has 7 atom stereocenters. The highest BCUT2D eigenvalue weighted by molar-refractivity contribution is 6.06. The lowest BCUT2D eigenvalue weighted by Gasteiger charge is -2.58. The van der Waals surface area contributed by atoms with E-state index in [0.29, 0.717) is 29.3 Å². The molecule has 0 amide bonds. The van der Waals surface area contributed by atoms with Crippen molar-refractivity contribution in [2.45, 2.75) is 77.3 Å². The Balaban J connectivity index is 0.000000174. The summed E-state index contributed by atoms with van der Waals surface area (Å²) in [6, 6.07) is 4.61. The van der Waals surface area contributed by atoms with Gasteiger partial charge in [0.15, 0.2) is 28.8 Å². The second-order valence-electron chi connectivity index (χ2n) is 15.1. The number of fused-ring (bicyclic) bond motifs is 2. The van der Waals surface area contributed by atoms with E-state index in [4.69, 9.17) is 14.2 Å². The molecule has 1 aromatic carbocycles. The van der Waals surface area contributed by atoms with Crippen LogP contribution in [-0.4, -0.2) is 91.7 Å². The van der Waals surface area contributed by atoms with E-state index in [0.717, 1.165) is 42.6 Å². The molecule has 5 aliphatic carbocycles. The van der Waals surface area contributed by atoms with E-state index >= 15 is 0 Å². The summed E-state index contributed by atoms with van der Waals surface area (Å²) in [6.45, 7) is 7.38. The number of likely N-dealkylation sites (N-methyl/N-ethyl adjacent to an activating group) is 2. The number of likely N-dealkylation sites (tertiary alicyclic amines) is 2. The zero-order chi connectivity index (χ0) is 35.9. The van der Waals surface area contributed by atoms with Crippen LogP contribution < -0.4 is 4.74 Å². The van der Waals surface area contributed by atoms with Crippen LogP contribution in [-0.2, 0) is 34.1 Å². The van der Waals surface area contributed by atoms with Crippen LogP contribution in [0.1, 0.15) is 69.6 Å². The third-order valence-electron chi connectivity index (χ3n) is 12.6. The number of rotatable bonds is 3. The third-order valence-corrected chi connectivity index (χ3v) is 12.6. The van der Waals surface area contributed by atoms with Gasteiger partial charge >= 0.3 is 5.97 Å². The molecule has 10 nitrogen and oxygen atoms in total. The Kier molecular flexibility index (Phi) is 9.34. The van der Waals surface area contributed by atoms with Gasteiger partial charge in [0, 0.05) is 65.7 Å². The van der Waals surface area contributed by atoms with Crippen molar-refractivity contribution in [3.05, 3.63) is 87.6 Å². The quantitative estimate of drug-likeness (QED) is 0.324. The number of Topliss-reactive ketones (excluding diaryl/α,β-unsaturated/α-hetero) is 2. The fourth-order valence-electron chi connectivity index (χ4n) is 10.3. The summed E-state index contributed by atoms with van der Waals surface area (Å²) in [5.74, 6) is 1.03. The van der Waals surface area contributed by atoms with Gasteiger partial charge in [0.1, 0.15) is 5.75 Å². The third kappa shape index (κ3) is 5.36. The zero-order valence-electron chi connectivity index (χ0n) is 29.9. The zero-order valence-corrected chi connectivity index (χ0v) is 29.9. The van der Waals surface area contributed by atoms with Crippen LogP contribution in [0, 0.1) is 24.2 Å². The fraction of sp³-hybridized carbons (Fsp3) is 0.512. The molecule has 4 bridgehead atoms. The number of allylic oxidation sites excluding steroid dienone is 6. The molecule has 2 unspecified atom stereocenters. The number of nitrogens with zero attached hydrogens (tertiary/aromatic N) is 2. The maximum absolute atomic E-state index is 12.9. The summed E-state index contributed by atoms with van der Waals surface area (Å²) >= 11 is 0.